The van der Waals surface area contributed by atoms with Crippen molar-refractivity contribution in [1.82, 2.24) is 0 Å². The summed E-state index contributed by atoms with van der Waals surface area (Å²) in [4.78, 5) is 0. The molecule has 0 radical (unpaired) electrons. The maximum absolute atomic E-state index is 11.6. The van der Waals surface area contributed by atoms with Gasteiger partial charge in [0.1, 0.15) is 11.5 Å². The molecule has 0 heterocycles. The molecule has 0 saturated carbocycles. The van der Waals surface area contributed by atoms with Gasteiger partial charge in [-0.3, -0.25) is 0 Å². The molecule has 0 aliphatic heterocycles. The lowest BCUT2D eigenvalue weighted by Crippen LogP contribution is -2.26. The Hall–Kier alpha value is -2.22. The van der Waals surface area contributed by atoms with E-state index in [4.69, 9.17) is 0 Å². The minimum atomic E-state index is -0.171. The van der Waals surface area contributed by atoms with Crippen LogP contribution in [0.5, 0.6) is 11.5 Å². The Balaban J connectivity index is 2.36. The molecule has 2 atom stereocenters. The fourth-order valence-corrected chi connectivity index (χ4v) is 5.64. The third-order valence-electron chi connectivity index (χ3n) is 7.40. The molecule has 0 bridgehead atoms. The molecule has 1 aliphatic carbocycles. The van der Waals surface area contributed by atoms with Gasteiger partial charge in [0.25, 0.3) is 0 Å². The predicted molar refractivity (Wildman–Crippen MR) is 141 cm³/mol. The number of benzene rings is 2. The third kappa shape index (κ3) is 5.15. The first-order valence-electron chi connectivity index (χ1n) is 12.4. The Morgan fingerprint density at radius 1 is 0.758 bits per heavy atom. The lowest BCUT2D eigenvalue weighted by Gasteiger charge is -2.37. The molecular formula is C31H44O2. The minimum absolute atomic E-state index is 0.0775. The fraction of sp³-hybridized carbons (Fsp3) is 0.548. The maximum Gasteiger partial charge on any atom is 0.123 e. The average Bonchev–Trinajstić information content (AvgIpc) is 2.66. The van der Waals surface area contributed by atoms with Crippen molar-refractivity contribution in [2.75, 3.05) is 0 Å². The summed E-state index contributed by atoms with van der Waals surface area (Å²) in [6, 6.07) is 8.51. The van der Waals surface area contributed by atoms with Crippen LogP contribution in [0.3, 0.4) is 0 Å². The van der Waals surface area contributed by atoms with E-state index in [2.05, 4.69) is 99.6 Å². The summed E-state index contributed by atoms with van der Waals surface area (Å²) >= 11 is 0. The second-order valence-corrected chi connectivity index (χ2v) is 12.6. The predicted octanol–water partition coefficient (Wildman–Crippen LogP) is 8.43. The van der Waals surface area contributed by atoms with Gasteiger partial charge in [0, 0.05) is 17.0 Å². The molecule has 0 spiro atoms. The Morgan fingerprint density at radius 3 is 1.55 bits per heavy atom. The van der Waals surface area contributed by atoms with Gasteiger partial charge in [-0.15, -0.1) is 0 Å². The van der Waals surface area contributed by atoms with Gasteiger partial charge in [0.15, 0.2) is 0 Å². The highest BCUT2D eigenvalue weighted by atomic mass is 16.3. The van der Waals surface area contributed by atoms with Crippen molar-refractivity contribution in [1.29, 1.82) is 0 Å². The summed E-state index contributed by atoms with van der Waals surface area (Å²) in [5.41, 5.74) is 7.24. The van der Waals surface area contributed by atoms with E-state index in [1.165, 1.54) is 5.57 Å². The summed E-state index contributed by atoms with van der Waals surface area (Å²) in [7, 11) is 0. The van der Waals surface area contributed by atoms with Crippen LogP contribution < -0.4 is 0 Å². The van der Waals surface area contributed by atoms with E-state index < -0.39 is 0 Å². The SMILES string of the molecule is CC1=CCC(C(c2cc(C)cc(C(C)(C)C)c2O)c2cc(C)cc(C(C)(C)C)c2O)C(C)C1. The van der Waals surface area contributed by atoms with Gasteiger partial charge in [-0.2, -0.15) is 0 Å². The highest BCUT2D eigenvalue weighted by Gasteiger charge is 2.37. The van der Waals surface area contributed by atoms with Gasteiger partial charge in [-0.05, 0) is 67.4 Å². The Kier molecular flexibility index (Phi) is 6.82. The minimum Gasteiger partial charge on any atom is -0.507 e. The van der Waals surface area contributed by atoms with Gasteiger partial charge < -0.3 is 10.2 Å². The number of hydrogen-bond donors (Lipinski definition) is 2. The van der Waals surface area contributed by atoms with E-state index in [1.807, 2.05) is 0 Å². The lowest BCUT2D eigenvalue weighted by atomic mass is 9.67. The zero-order valence-electron chi connectivity index (χ0n) is 22.4. The van der Waals surface area contributed by atoms with Crippen molar-refractivity contribution in [3.63, 3.8) is 0 Å². The maximum atomic E-state index is 11.6. The lowest BCUT2D eigenvalue weighted by molar-refractivity contribution is 0.297. The largest absolute Gasteiger partial charge is 0.507 e. The number of aryl methyl sites for hydroxylation is 2. The highest BCUT2D eigenvalue weighted by Crippen LogP contribution is 2.51. The molecular weight excluding hydrogens is 404 g/mol. The van der Waals surface area contributed by atoms with E-state index in [0.29, 0.717) is 23.3 Å². The van der Waals surface area contributed by atoms with Crippen LogP contribution in [0.15, 0.2) is 35.9 Å². The molecule has 2 heteroatoms. The first-order valence-corrected chi connectivity index (χ1v) is 12.4. The van der Waals surface area contributed by atoms with Crippen LogP contribution in [-0.4, -0.2) is 10.2 Å². The fourth-order valence-electron chi connectivity index (χ4n) is 5.64. The Labute approximate surface area is 201 Å². The van der Waals surface area contributed by atoms with Crippen molar-refractivity contribution in [3.8, 4) is 11.5 Å². The first-order chi connectivity index (χ1) is 15.1. The molecule has 2 aromatic rings. The molecule has 0 aromatic heterocycles. The monoisotopic (exact) mass is 448 g/mol. The third-order valence-corrected chi connectivity index (χ3v) is 7.40. The molecule has 2 nitrogen and oxygen atoms in total. The van der Waals surface area contributed by atoms with Crippen molar-refractivity contribution in [2.45, 2.75) is 98.8 Å². The van der Waals surface area contributed by atoms with Crippen LogP contribution in [0.4, 0.5) is 0 Å². The Morgan fingerprint density at radius 2 is 1.18 bits per heavy atom. The molecule has 180 valence electrons. The smallest absolute Gasteiger partial charge is 0.123 e. The normalized spacial score (nSPS) is 19.7. The van der Waals surface area contributed by atoms with E-state index in [1.54, 1.807) is 0 Å². The van der Waals surface area contributed by atoms with Gasteiger partial charge in [-0.25, -0.2) is 0 Å². The molecule has 0 fully saturated rings. The number of aromatic hydroxyl groups is 2. The zero-order valence-corrected chi connectivity index (χ0v) is 22.4. The van der Waals surface area contributed by atoms with Crippen LogP contribution in [-0.2, 0) is 10.8 Å². The van der Waals surface area contributed by atoms with Crippen LogP contribution in [0, 0.1) is 25.7 Å². The van der Waals surface area contributed by atoms with Gasteiger partial charge in [0.05, 0.1) is 0 Å². The summed E-state index contributed by atoms with van der Waals surface area (Å²) in [6.07, 6.45) is 4.36. The Bertz CT molecular complexity index is 990. The molecule has 0 amide bonds. The number of phenols is 2. The molecule has 1 aliphatic rings. The quantitative estimate of drug-likeness (QED) is 0.462. The topological polar surface area (TPSA) is 40.5 Å². The standard InChI is InChI=1S/C31H44O2/c1-18-11-12-22(21(4)13-18)27(23-14-19(2)16-25(28(23)32)30(5,6)7)24-15-20(3)17-26(29(24)33)31(8,9)10/h11,14-17,21-22,27,32-33H,12-13H2,1-10H3. The molecule has 33 heavy (non-hydrogen) atoms. The molecule has 2 N–H and O–H groups in total. The second kappa shape index (κ2) is 8.85. The van der Waals surface area contributed by atoms with Crippen molar-refractivity contribution in [2.24, 2.45) is 11.8 Å². The van der Waals surface area contributed by atoms with E-state index >= 15 is 0 Å². The van der Waals surface area contributed by atoms with E-state index in [-0.39, 0.29) is 16.7 Å². The highest BCUT2D eigenvalue weighted by molar-refractivity contribution is 5.56. The van der Waals surface area contributed by atoms with E-state index in [0.717, 1.165) is 46.2 Å². The molecule has 0 saturated heterocycles. The number of phenolic OH excluding ortho intramolecular Hbond substituents is 2. The summed E-state index contributed by atoms with van der Waals surface area (Å²) in [5.74, 6) is 1.45. The van der Waals surface area contributed by atoms with Gasteiger partial charge >= 0.3 is 0 Å². The van der Waals surface area contributed by atoms with Crippen molar-refractivity contribution < 1.29 is 10.2 Å². The average molecular weight is 449 g/mol. The number of allylic oxidation sites excluding steroid dienone is 2. The number of hydrogen-bond acceptors (Lipinski definition) is 2. The van der Waals surface area contributed by atoms with Crippen LogP contribution in [0.25, 0.3) is 0 Å². The first kappa shape index (κ1) is 25.4. The summed E-state index contributed by atoms with van der Waals surface area (Å²) in [6.45, 7) is 21.7. The van der Waals surface area contributed by atoms with Crippen molar-refractivity contribution >= 4 is 0 Å². The summed E-state index contributed by atoms with van der Waals surface area (Å²) in [5, 5.41) is 23.3. The zero-order chi connectivity index (χ0) is 24.9. The van der Waals surface area contributed by atoms with Gasteiger partial charge in [0.2, 0.25) is 0 Å². The van der Waals surface area contributed by atoms with Crippen LogP contribution >= 0.6 is 0 Å². The second-order valence-electron chi connectivity index (χ2n) is 12.6. The van der Waals surface area contributed by atoms with Crippen LogP contribution in [0.2, 0.25) is 0 Å². The van der Waals surface area contributed by atoms with Crippen molar-refractivity contribution in [3.05, 3.63) is 69.3 Å². The molecule has 2 unspecified atom stereocenters. The van der Waals surface area contributed by atoms with Gasteiger partial charge in [-0.1, -0.05) is 95.5 Å². The summed E-state index contributed by atoms with van der Waals surface area (Å²) < 4.78 is 0. The van der Waals surface area contributed by atoms with E-state index in [9.17, 15) is 10.2 Å². The number of rotatable bonds is 3. The molecule has 2 aromatic carbocycles. The molecule has 3 rings (SSSR count). The van der Waals surface area contributed by atoms with Crippen LogP contribution in [0.1, 0.15) is 108 Å².